The van der Waals surface area contributed by atoms with Crippen LogP contribution in [-0.2, 0) is 17.8 Å². The van der Waals surface area contributed by atoms with Gasteiger partial charge in [0.05, 0.1) is 30.4 Å². The molecule has 1 atom stereocenters. The van der Waals surface area contributed by atoms with Crippen molar-refractivity contribution in [3.63, 3.8) is 0 Å². The van der Waals surface area contributed by atoms with Crippen molar-refractivity contribution in [3.05, 3.63) is 94.1 Å². The molecule has 152 valence electrons. The van der Waals surface area contributed by atoms with Crippen LogP contribution < -0.4 is 5.32 Å². The zero-order valence-corrected chi connectivity index (χ0v) is 16.6. The van der Waals surface area contributed by atoms with Crippen LogP contribution >= 0.6 is 0 Å². The summed E-state index contributed by atoms with van der Waals surface area (Å²) in [6.45, 7) is 4.19. The summed E-state index contributed by atoms with van der Waals surface area (Å²) >= 11 is 0. The number of nitrogens with one attached hydrogen (secondary N) is 1. The molecule has 0 saturated carbocycles. The Hall–Kier alpha value is -3.48. The molecular formula is C23H20F2N4O. The number of aliphatic imine (C=N–C) groups is 1. The number of hydrogen-bond acceptors (Lipinski definition) is 4. The number of aryl methyl sites for hydroxylation is 1. The monoisotopic (exact) mass is 406 g/mol. The molecule has 1 aromatic carbocycles. The van der Waals surface area contributed by atoms with E-state index in [2.05, 4.69) is 20.3 Å². The molecule has 1 aliphatic rings. The van der Waals surface area contributed by atoms with Crippen LogP contribution in [-0.4, -0.2) is 21.6 Å². The van der Waals surface area contributed by atoms with Gasteiger partial charge in [-0.25, -0.2) is 8.78 Å². The van der Waals surface area contributed by atoms with Gasteiger partial charge in [0.2, 0.25) is 5.91 Å². The topological polar surface area (TPSA) is 67.2 Å². The first-order valence-electron chi connectivity index (χ1n) is 9.60. The fourth-order valence-electron chi connectivity index (χ4n) is 3.50. The van der Waals surface area contributed by atoms with Crippen LogP contribution in [0.3, 0.4) is 0 Å². The predicted molar refractivity (Wildman–Crippen MR) is 109 cm³/mol. The Balaban J connectivity index is 1.44. The van der Waals surface area contributed by atoms with Crippen molar-refractivity contribution >= 4 is 11.6 Å². The fraction of sp³-hybridized carbons (Fsp3) is 0.217. The van der Waals surface area contributed by atoms with E-state index in [1.54, 1.807) is 19.3 Å². The molecule has 5 nitrogen and oxygen atoms in total. The first kappa shape index (κ1) is 19.8. The minimum absolute atomic E-state index is 0.0883. The lowest BCUT2D eigenvalue weighted by Crippen LogP contribution is -2.28. The molecule has 0 bridgehead atoms. The summed E-state index contributed by atoms with van der Waals surface area (Å²) in [6, 6.07) is 8.94. The van der Waals surface area contributed by atoms with Crippen LogP contribution in [0, 0.1) is 18.6 Å². The van der Waals surface area contributed by atoms with Crippen molar-refractivity contribution in [2.45, 2.75) is 32.9 Å². The van der Waals surface area contributed by atoms with E-state index in [-0.39, 0.29) is 12.3 Å². The van der Waals surface area contributed by atoms with E-state index < -0.39 is 17.7 Å². The average Bonchev–Trinajstić information content (AvgIpc) is 3.13. The minimum Gasteiger partial charge on any atom is -0.349 e. The molecule has 3 aromatic rings. The number of nitrogens with zero attached hydrogens (tertiary/aromatic N) is 3. The lowest BCUT2D eigenvalue weighted by molar-refractivity contribution is -0.121. The molecule has 0 radical (unpaired) electrons. The number of carbonyl (C=O) groups is 1. The Kier molecular flexibility index (Phi) is 5.35. The third kappa shape index (κ3) is 4.10. The highest BCUT2D eigenvalue weighted by Gasteiger charge is 2.20. The van der Waals surface area contributed by atoms with Crippen LogP contribution in [0.25, 0.3) is 0 Å². The molecule has 0 aliphatic carbocycles. The molecule has 30 heavy (non-hydrogen) atoms. The number of hydrogen-bond donors (Lipinski definition) is 1. The van der Waals surface area contributed by atoms with Crippen molar-refractivity contribution in [3.8, 4) is 0 Å². The van der Waals surface area contributed by atoms with E-state index >= 15 is 0 Å². The second-order valence-corrected chi connectivity index (χ2v) is 7.32. The summed E-state index contributed by atoms with van der Waals surface area (Å²) in [7, 11) is 0. The van der Waals surface area contributed by atoms with Gasteiger partial charge in [-0.3, -0.25) is 19.8 Å². The molecule has 7 heteroatoms. The summed E-state index contributed by atoms with van der Waals surface area (Å²) in [4.78, 5) is 25.7. The number of pyridine rings is 2. The van der Waals surface area contributed by atoms with Gasteiger partial charge in [0.15, 0.2) is 11.6 Å². The number of benzene rings is 1. The van der Waals surface area contributed by atoms with E-state index in [0.717, 1.165) is 40.2 Å². The van der Waals surface area contributed by atoms with Gasteiger partial charge in [-0.05, 0) is 55.3 Å². The van der Waals surface area contributed by atoms with Crippen LogP contribution in [0.15, 0.2) is 53.8 Å². The summed E-state index contributed by atoms with van der Waals surface area (Å²) in [6.07, 6.45) is 3.59. The second-order valence-electron chi connectivity index (χ2n) is 7.32. The molecule has 3 heterocycles. The minimum atomic E-state index is -0.936. The van der Waals surface area contributed by atoms with E-state index in [1.165, 1.54) is 6.07 Å². The number of rotatable bonds is 5. The summed E-state index contributed by atoms with van der Waals surface area (Å²) < 4.78 is 26.5. The molecule has 4 rings (SSSR count). The van der Waals surface area contributed by atoms with Crippen LogP contribution in [0.1, 0.15) is 46.6 Å². The zero-order valence-electron chi connectivity index (χ0n) is 16.6. The van der Waals surface area contributed by atoms with Crippen molar-refractivity contribution in [1.82, 2.24) is 15.3 Å². The number of carbonyl (C=O) groups excluding carboxylic acids is 1. The molecule has 0 fully saturated rings. The second kappa shape index (κ2) is 8.10. The van der Waals surface area contributed by atoms with Gasteiger partial charge in [-0.1, -0.05) is 6.07 Å². The number of amides is 1. The van der Waals surface area contributed by atoms with Crippen molar-refractivity contribution < 1.29 is 13.6 Å². The average molecular weight is 406 g/mol. The van der Waals surface area contributed by atoms with E-state index in [0.29, 0.717) is 17.8 Å². The van der Waals surface area contributed by atoms with Gasteiger partial charge < -0.3 is 5.32 Å². The fourth-order valence-corrected chi connectivity index (χ4v) is 3.50. The molecule has 2 aromatic heterocycles. The zero-order chi connectivity index (χ0) is 21.3. The highest BCUT2D eigenvalue weighted by molar-refractivity contribution is 6.15. The van der Waals surface area contributed by atoms with Gasteiger partial charge >= 0.3 is 0 Å². The SMILES string of the molecule is Cc1cc(C2=NCc3cc(CC(=O)N[C@@H](C)c4ccc(F)c(F)c4)ncc32)ccn1. The quantitative estimate of drug-likeness (QED) is 0.700. The van der Waals surface area contributed by atoms with Crippen molar-refractivity contribution in [1.29, 1.82) is 0 Å². The van der Waals surface area contributed by atoms with Gasteiger partial charge in [0.1, 0.15) is 0 Å². The third-order valence-electron chi connectivity index (χ3n) is 5.04. The van der Waals surface area contributed by atoms with Crippen LogP contribution in [0.4, 0.5) is 8.78 Å². The van der Waals surface area contributed by atoms with Gasteiger partial charge in [-0.2, -0.15) is 0 Å². The van der Waals surface area contributed by atoms with Crippen molar-refractivity contribution in [2.75, 3.05) is 0 Å². The molecule has 0 saturated heterocycles. The predicted octanol–water partition coefficient (Wildman–Crippen LogP) is 3.83. The summed E-state index contributed by atoms with van der Waals surface area (Å²) in [5.41, 5.74) is 5.90. The van der Waals surface area contributed by atoms with Crippen LogP contribution in [0.2, 0.25) is 0 Å². The Morgan fingerprint density at radius 1 is 1.13 bits per heavy atom. The normalized spacial score (nSPS) is 13.5. The Bertz CT molecular complexity index is 1160. The lowest BCUT2D eigenvalue weighted by Gasteiger charge is -2.15. The highest BCUT2D eigenvalue weighted by atomic mass is 19.2. The third-order valence-corrected chi connectivity index (χ3v) is 5.04. The maximum absolute atomic E-state index is 13.4. The molecule has 1 N–H and O–H groups in total. The first-order valence-corrected chi connectivity index (χ1v) is 9.60. The first-order chi connectivity index (χ1) is 14.4. The largest absolute Gasteiger partial charge is 0.349 e. The Labute approximate surface area is 172 Å². The Morgan fingerprint density at radius 3 is 2.73 bits per heavy atom. The molecule has 1 aliphatic heterocycles. The standard InChI is InChI=1S/C23H20F2N4O/c1-13-7-16(5-6-26-13)23-19-12-27-18(8-17(19)11-28-23)10-22(30)29-14(2)15-3-4-20(24)21(25)9-15/h3-9,12,14H,10-11H2,1-2H3,(H,29,30)/t14-/m0/s1. The number of aromatic nitrogens is 2. The van der Waals surface area contributed by atoms with E-state index in [1.807, 2.05) is 25.1 Å². The lowest BCUT2D eigenvalue weighted by atomic mass is 10.0. The maximum atomic E-state index is 13.4. The van der Waals surface area contributed by atoms with E-state index in [9.17, 15) is 13.6 Å². The van der Waals surface area contributed by atoms with Gasteiger partial charge in [0.25, 0.3) is 0 Å². The van der Waals surface area contributed by atoms with Crippen molar-refractivity contribution in [2.24, 2.45) is 4.99 Å². The molecule has 0 unspecified atom stereocenters. The highest BCUT2D eigenvalue weighted by Crippen LogP contribution is 2.23. The number of halogens is 2. The van der Waals surface area contributed by atoms with E-state index in [4.69, 9.17) is 0 Å². The molecular weight excluding hydrogens is 386 g/mol. The number of fused-ring (bicyclic) bond motifs is 1. The summed E-state index contributed by atoms with van der Waals surface area (Å²) in [5, 5.41) is 2.80. The summed E-state index contributed by atoms with van der Waals surface area (Å²) in [5.74, 6) is -2.10. The maximum Gasteiger partial charge on any atom is 0.226 e. The Morgan fingerprint density at radius 2 is 1.97 bits per heavy atom. The molecule has 0 spiro atoms. The van der Waals surface area contributed by atoms with Gasteiger partial charge in [-0.15, -0.1) is 0 Å². The smallest absolute Gasteiger partial charge is 0.226 e. The van der Waals surface area contributed by atoms with Gasteiger partial charge in [0, 0.05) is 29.2 Å². The van der Waals surface area contributed by atoms with Crippen LogP contribution in [0.5, 0.6) is 0 Å². The molecule has 1 amide bonds.